The molecule has 27 heavy (non-hydrogen) atoms. The normalized spacial score (nSPS) is 18.3. The van der Waals surface area contributed by atoms with E-state index in [2.05, 4.69) is 15.0 Å². The van der Waals surface area contributed by atoms with Crippen LogP contribution in [0.1, 0.15) is 41.8 Å². The van der Waals surface area contributed by atoms with Gasteiger partial charge in [-0.1, -0.05) is 0 Å². The third kappa shape index (κ3) is 3.20. The van der Waals surface area contributed by atoms with Crippen LogP contribution < -0.4 is 14.2 Å². The van der Waals surface area contributed by atoms with Crippen molar-refractivity contribution < 1.29 is 14.2 Å². The first-order valence-corrected chi connectivity index (χ1v) is 9.08. The number of nitrogens with zero attached hydrogens (tertiary/aromatic N) is 4. The summed E-state index contributed by atoms with van der Waals surface area (Å²) in [5, 5.41) is 0. The number of hydrogen-bond donors (Lipinski definition) is 0. The Morgan fingerprint density at radius 2 is 2.07 bits per heavy atom. The molecule has 1 aromatic carbocycles. The predicted octanol–water partition coefficient (Wildman–Crippen LogP) is 3.12. The summed E-state index contributed by atoms with van der Waals surface area (Å²) in [6.45, 7) is 1.10. The van der Waals surface area contributed by atoms with Gasteiger partial charge in [-0.3, -0.25) is 0 Å². The molecule has 1 atom stereocenters. The molecule has 0 saturated heterocycles. The van der Waals surface area contributed by atoms with Gasteiger partial charge in [0.05, 0.1) is 13.4 Å². The molecule has 7 heteroatoms. The molecule has 2 aliphatic rings. The van der Waals surface area contributed by atoms with Crippen LogP contribution in [0.4, 0.5) is 0 Å². The Hall–Kier alpha value is -3.09. The fourth-order valence-corrected chi connectivity index (χ4v) is 3.26. The number of imidazole rings is 1. The molecule has 2 aromatic heterocycles. The minimum Gasteiger partial charge on any atom is -0.493 e. The maximum absolute atomic E-state index is 6.20. The summed E-state index contributed by atoms with van der Waals surface area (Å²) < 4.78 is 19.7. The van der Waals surface area contributed by atoms with E-state index in [0.717, 1.165) is 17.0 Å². The van der Waals surface area contributed by atoms with Crippen LogP contribution in [0.3, 0.4) is 0 Å². The lowest BCUT2D eigenvalue weighted by molar-refractivity contribution is 0.0864. The Morgan fingerprint density at radius 3 is 2.78 bits per heavy atom. The second-order valence-electron chi connectivity index (χ2n) is 6.93. The van der Waals surface area contributed by atoms with Crippen LogP contribution >= 0.6 is 0 Å². The number of fused-ring (bicyclic) bond motifs is 1. The van der Waals surface area contributed by atoms with Crippen molar-refractivity contribution in [1.82, 2.24) is 19.5 Å². The molecule has 3 heterocycles. The van der Waals surface area contributed by atoms with Crippen molar-refractivity contribution in [2.75, 3.05) is 13.7 Å². The molecule has 138 valence electrons. The topological polar surface area (TPSA) is 71.3 Å². The van der Waals surface area contributed by atoms with Gasteiger partial charge in [-0.25, -0.2) is 15.0 Å². The zero-order chi connectivity index (χ0) is 18.2. The van der Waals surface area contributed by atoms with Crippen molar-refractivity contribution in [3.8, 4) is 17.2 Å². The van der Waals surface area contributed by atoms with Gasteiger partial charge in [-0.2, -0.15) is 0 Å². The zero-order valence-corrected chi connectivity index (χ0v) is 15.0. The first-order chi connectivity index (χ1) is 13.3. The molecule has 0 amide bonds. The van der Waals surface area contributed by atoms with E-state index in [1.807, 2.05) is 35.3 Å². The van der Waals surface area contributed by atoms with Crippen LogP contribution in [0.2, 0.25) is 0 Å². The van der Waals surface area contributed by atoms with E-state index in [1.54, 1.807) is 19.6 Å². The van der Waals surface area contributed by atoms with E-state index in [9.17, 15) is 0 Å². The fraction of sp³-hybridized carbons (Fsp3) is 0.350. The number of aromatic nitrogens is 4. The van der Waals surface area contributed by atoms with Gasteiger partial charge in [0.1, 0.15) is 12.4 Å². The number of rotatable bonds is 5. The summed E-state index contributed by atoms with van der Waals surface area (Å²) >= 11 is 0. The van der Waals surface area contributed by atoms with Crippen molar-refractivity contribution in [3.05, 3.63) is 60.2 Å². The first kappa shape index (κ1) is 16.1. The summed E-state index contributed by atoms with van der Waals surface area (Å²) in [6, 6.07) is 3.96. The highest BCUT2D eigenvalue weighted by atomic mass is 16.6. The lowest BCUT2D eigenvalue weighted by Crippen LogP contribution is -2.22. The van der Waals surface area contributed by atoms with Crippen LogP contribution in [0.15, 0.2) is 43.2 Å². The molecule has 0 N–H and O–H groups in total. The molecule has 5 rings (SSSR count). The Kier molecular flexibility index (Phi) is 3.92. The predicted molar refractivity (Wildman–Crippen MR) is 97.2 cm³/mol. The van der Waals surface area contributed by atoms with E-state index < -0.39 is 0 Å². The molecule has 0 radical (unpaired) electrons. The van der Waals surface area contributed by atoms with Gasteiger partial charge in [0.15, 0.2) is 17.6 Å². The molecular weight excluding hydrogens is 344 g/mol. The molecule has 1 unspecified atom stereocenters. The zero-order valence-electron chi connectivity index (χ0n) is 15.0. The van der Waals surface area contributed by atoms with Crippen LogP contribution in [-0.4, -0.2) is 33.2 Å². The molecule has 0 spiro atoms. The van der Waals surface area contributed by atoms with Crippen LogP contribution in [0.25, 0.3) is 0 Å². The van der Waals surface area contributed by atoms with Crippen molar-refractivity contribution in [2.45, 2.75) is 31.4 Å². The Morgan fingerprint density at radius 1 is 1.22 bits per heavy atom. The fourth-order valence-electron chi connectivity index (χ4n) is 3.26. The molecule has 1 fully saturated rings. The number of ether oxygens (including phenoxy) is 3. The molecule has 1 saturated carbocycles. The van der Waals surface area contributed by atoms with Gasteiger partial charge < -0.3 is 18.8 Å². The largest absolute Gasteiger partial charge is 0.493 e. The van der Waals surface area contributed by atoms with Gasteiger partial charge in [0.25, 0.3) is 0 Å². The van der Waals surface area contributed by atoms with Crippen LogP contribution in [0.5, 0.6) is 17.2 Å². The van der Waals surface area contributed by atoms with Gasteiger partial charge in [-0.15, -0.1) is 0 Å². The molecular formula is C20H20N4O3. The van der Waals surface area contributed by atoms with E-state index in [-0.39, 0.29) is 6.10 Å². The second kappa shape index (κ2) is 6.57. The van der Waals surface area contributed by atoms with E-state index in [0.29, 0.717) is 36.3 Å². The highest BCUT2D eigenvalue weighted by molar-refractivity contribution is 5.55. The third-order valence-electron chi connectivity index (χ3n) is 4.88. The minimum absolute atomic E-state index is 0.251. The maximum atomic E-state index is 6.20. The van der Waals surface area contributed by atoms with Gasteiger partial charge >= 0.3 is 0 Å². The summed E-state index contributed by atoms with van der Waals surface area (Å²) in [6.07, 6.45) is 11.3. The SMILES string of the molecule is COc1cc(Cn2ccnc2)cc2c1OC(c1cnc(C3CC3)nc1)CO2. The third-order valence-corrected chi connectivity index (χ3v) is 4.88. The molecule has 7 nitrogen and oxygen atoms in total. The standard InChI is InChI=1S/C20H20N4O3/c1-25-16-6-13(10-24-5-4-21-12-24)7-17-19(16)27-18(11-26-17)15-8-22-20(23-9-15)14-2-3-14/h4-9,12,14,18H,2-3,10-11H2,1H3. The quantitative estimate of drug-likeness (QED) is 0.693. The van der Waals surface area contributed by atoms with Gasteiger partial charge in [-0.05, 0) is 30.5 Å². The van der Waals surface area contributed by atoms with Crippen LogP contribution in [-0.2, 0) is 6.54 Å². The Bertz CT molecular complexity index is 919. The molecule has 1 aliphatic carbocycles. The summed E-state index contributed by atoms with van der Waals surface area (Å²) in [5.41, 5.74) is 1.97. The van der Waals surface area contributed by atoms with Crippen molar-refractivity contribution in [2.24, 2.45) is 0 Å². The number of benzene rings is 1. The van der Waals surface area contributed by atoms with Crippen LogP contribution in [0, 0.1) is 0 Å². The highest BCUT2D eigenvalue weighted by Crippen LogP contribution is 2.44. The highest BCUT2D eigenvalue weighted by Gasteiger charge is 2.29. The van der Waals surface area contributed by atoms with Gasteiger partial charge in [0.2, 0.25) is 5.75 Å². The average molecular weight is 364 g/mol. The van der Waals surface area contributed by atoms with E-state index >= 15 is 0 Å². The maximum Gasteiger partial charge on any atom is 0.204 e. The average Bonchev–Trinajstić information content (AvgIpc) is 3.44. The Labute approximate surface area is 157 Å². The van der Waals surface area contributed by atoms with E-state index in [1.165, 1.54) is 12.8 Å². The summed E-state index contributed by atoms with van der Waals surface area (Å²) in [4.78, 5) is 13.0. The molecule has 1 aliphatic heterocycles. The Balaban J connectivity index is 1.39. The first-order valence-electron chi connectivity index (χ1n) is 9.08. The monoisotopic (exact) mass is 364 g/mol. The number of methoxy groups -OCH3 is 1. The van der Waals surface area contributed by atoms with E-state index in [4.69, 9.17) is 14.2 Å². The lowest BCUT2D eigenvalue weighted by Gasteiger charge is -2.28. The number of hydrogen-bond acceptors (Lipinski definition) is 6. The smallest absolute Gasteiger partial charge is 0.204 e. The molecule has 3 aromatic rings. The second-order valence-corrected chi connectivity index (χ2v) is 6.93. The lowest BCUT2D eigenvalue weighted by atomic mass is 10.1. The summed E-state index contributed by atoms with van der Waals surface area (Å²) in [5.74, 6) is 3.43. The summed E-state index contributed by atoms with van der Waals surface area (Å²) in [7, 11) is 1.64. The molecule has 0 bridgehead atoms. The van der Waals surface area contributed by atoms with Crippen molar-refractivity contribution in [3.63, 3.8) is 0 Å². The van der Waals surface area contributed by atoms with Gasteiger partial charge in [0, 0.05) is 42.8 Å². The minimum atomic E-state index is -0.251. The van der Waals surface area contributed by atoms with Crippen molar-refractivity contribution >= 4 is 0 Å². The van der Waals surface area contributed by atoms with Crippen molar-refractivity contribution in [1.29, 1.82) is 0 Å².